The van der Waals surface area contributed by atoms with E-state index in [9.17, 15) is 5.11 Å². The van der Waals surface area contributed by atoms with Gasteiger partial charge in [0.2, 0.25) is 0 Å². The van der Waals surface area contributed by atoms with Crippen molar-refractivity contribution in [2.45, 2.75) is 18.9 Å². The Hall–Kier alpha value is -0.910. The lowest BCUT2D eigenvalue weighted by atomic mass is 10.2. The van der Waals surface area contributed by atoms with Gasteiger partial charge in [-0.2, -0.15) is 5.10 Å². The van der Waals surface area contributed by atoms with Crippen LogP contribution in [0.2, 0.25) is 0 Å². The van der Waals surface area contributed by atoms with Crippen LogP contribution < -0.4 is 0 Å². The van der Waals surface area contributed by atoms with Crippen LogP contribution in [0.15, 0.2) is 12.4 Å². The summed E-state index contributed by atoms with van der Waals surface area (Å²) in [4.78, 5) is 2.13. The largest absolute Gasteiger partial charge is 0.389 e. The van der Waals surface area contributed by atoms with Gasteiger partial charge in [0.25, 0.3) is 0 Å². The molecule has 1 unspecified atom stereocenters. The van der Waals surface area contributed by atoms with Gasteiger partial charge in [0.15, 0.2) is 0 Å². The lowest BCUT2D eigenvalue weighted by molar-refractivity contribution is 0.0431. The number of likely N-dealkylation sites (N-methyl/N-ethyl adjacent to an activating group) is 1. The molecule has 0 radical (unpaired) electrons. The fourth-order valence-electron chi connectivity index (χ4n) is 1.85. The van der Waals surface area contributed by atoms with E-state index in [1.165, 1.54) is 5.56 Å². The number of aliphatic hydroxyl groups is 1. The first-order valence-electron chi connectivity index (χ1n) is 5.95. The fourth-order valence-corrected chi connectivity index (χ4v) is 1.85. The number of ether oxygens (including phenoxy) is 1. The van der Waals surface area contributed by atoms with Crippen LogP contribution in [-0.4, -0.2) is 59.7 Å². The summed E-state index contributed by atoms with van der Waals surface area (Å²) in [6.07, 6.45) is 5.64. The minimum absolute atomic E-state index is 0.396. The zero-order valence-electron chi connectivity index (χ0n) is 11.0. The number of aliphatic hydroxyl groups excluding tert-OH is 1. The summed E-state index contributed by atoms with van der Waals surface area (Å²) in [6.45, 7) is 2.02. The molecule has 1 heterocycles. The van der Waals surface area contributed by atoms with Crippen molar-refractivity contribution in [3.8, 4) is 0 Å². The highest BCUT2D eigenvalue weighted by Gasteiger charge is 2.07. The van der Waals surface area contributed by atoms with Crippen molar-refractivity contribution < 1.29 is 9.84 Å². The molecule has 0 aliphatic heterocycles. The van der Waals surface area contributed by atoms with Crippen LogP contribution in [0.5, 0.6) is 0 Å². The molecule has 0 saturated heterocycles. The number of rotatable bonds is 8. The Labute approximate surface area is 103 Å². The zero-order chi connectivity index (χ0) is 12.7. The molecule has 0 aliphatic carbocycles. The Bertz CT molecular complexity index is 314. The van der Waals surface area contributed by atoms with Crippen molar-refractivity contribution in [2.75, 3.05) is 33.9 Å². The minimum atomic E-state index is -0.400. The van der Waals surface area contributed by atoms with Crippen LogP contribution in [0.4, 0.5) is 0 Å². The smallest absolute Gasteiger partial charge is 0.0899 e. The molecule has 0 amide bonds. The topological polar surface area (TPSA) is 50.5 Å². The quantitative estimate of drug-likeness (QED) is 0.711. The third-order valence-corrected chi connectivity index (χ3v) is 2.65. The number of hydrogen-bond donors (Lipinski definition) is 1. The summed E-state index contributed by atoms with van der Waals surface area (Å²) in [7, 11) is 5.55. The van der Waals surface area contributed by atoms with E-state index in [2.05, 4.69) is 10.00 Å². The normalized spacial score (nSPS) is 13.2. The van der Waals surface area contributed by atoms with E-state index < -0.39 is 6.10 Å². The molecule has 0 saturated carbocycles. The first-order chi connectivity index (χ1) is 8.11. The van der Waals surface area contributed by atoms with Gasteiger partial charge in [-0.1, -0.05) is 0 Å². The highest BCUT2D eigenvalue weighted by Crippen LogP contribution is 2.02. The lowest BCUT2D eigenvalue weighted by Gasteiger charge is -2.19. The van der Waals surface area contributed by atoms with Gasteiger partial charge in [-0.05, 0) is 32.0 Å². The van der Waals surface area contributed by atoms with Gasteiger partial charge in [-0.3, -0.25) is 4.68 Å². The number of nitrogens with zero attached hydrogens (tertiary/aromatic N) is 3. The maximum atomic E-state index is 9.56. The molecule has 1 aromatic heterocycles. The van der Waals surface area contributed by atoms with Gasteiger partial charge in [0.05, 0.1) is 18.9 Å². The maximum Gasteiger partial charge on any atom is 0.0899 e. The first kappa shape index (κ1) is 14.2. The van der Waals surface area contributed by atoms with Gasteiger partial charge in [-0.25, -0.2) is 0 Å². The number of methoxy groups -OCH3 is 1. The molecule has 0 spiro atoms. The van der Waals surface area contributed by atoms with Crippen molar-refractivity contribution in [1.82, 2.24) is 14.7 Å². The molecule has 5 nitrogen and oxygen atoms in total. The predicted molar refractivity (Wildman–Crippen MR) is 66.9 cm³/mol. The van der Waals surface area contributed by atoms with Crippen LogP contribution in [0.25, 0.3) is 0 Å². The molecular weight excluding hydrogens is 218 g/mol. The second kappa shape index (κ2) is 7.42. The third-order valence-electron chi connectivity index (χ3n) is 2.65. The Kier molecular flexibility index (Phi) is 6.18. The van der Waals surface area contributed by atoms with Crippen molar-refractivity contribution in [3.05, 3.63) is 18.0 Å². The molecule has 0 aromatic carbocycles. The Morgan fingerprint density at radius 3 is 2.94 bits per heavy atom. The first-order valence-corrected chi connectivity index (χ1v) is 5.95. The van der Waals surface area contributed by atoms with Crippen LogP contribution in [0.1, 0.15) is 12.0 Å². The summed E-state index contributed by atoms with van der Waals surface area (Å²) in [6, 6.07) is 0. The molecule has 0 bridgehead atoms. The molecular formula is C12H23N3O2. The van der Waals surface area contributed by atoms with E-state index in [-0.39, 0.29) is 0 Å². The van der Waals surface area contributed by atoms with Gasteiger partial charge in [0.1, 0.15) is 0 Å². The Balaban J connectivity index is 2.13. The molecule has 0 fully saturated rings. The Morgan fingerprint density at radius 1 is 1.59 bits per heavy atom. The fraction of sp³-hybridized carbons (Fsp3) is 0.750. The zero-order valence-corrected chi connectivity index (χ0v) is 11.0. The van der Waals surface area contributed by atoms with Gasteiger partial charge >= 0.3 is 0 Å². The van der Waals surface area contributed by atoms with Gasteiger partial charge in [-0.15, -0.1) is 0 Å². The molecule has 17 heavy (non-hydrogen) atoms. The maximum absolute atomic E-state index is 9.56. The van der Waals surface area contributed by atoms with E-state index >= 15 is 0 Å². The molecule has 5 heteroatoms. The van der Waals surface area contributed by atoms with E-state index in [1.54, 1.807) is 7.11 Å². The van der Waals surface area contributed by atoms with Crippen molar-refractivity contribution in [1.29, 1.82) is 0 Å². The van der Waals surface area contributed by atoms with Crippen LogP contribution in [0.3, 0.4) is 0 Å². The van der Waals surface area contributed by atoms with Gasteiger partial charge < -0.3 is 14.7 Å². The summed E-state index contributed by atoms with van der Waals surface area (Å²) in [5.74, 6) is 0. The summed E-state index contributed by atoms with van der Waals surface area (Å²) >= 11 is 0. The average molecular weight is 241 g/mol. The second-order valence-electron chi connectivity index (χ2n) is 4.50. The molecule has 1 aromatic rings. The van der Waals surface area contributed by atoms with E-state index in [0.29, 0.717) is 13.2 Å². The molecule has 1 atom stereocenters. The molecule has 98 valence electrons. The molecule has 1 N–H and O–H groups in total. The highest BCUT2D eigenvalue weighted by molar-refractivity contribution is 5.03. The summed E-state index contributed by atoms with van der Waals surface area (Å²) in [5, 5.41) is 13.7. The van der Waals surface area contributed by atoms with Crippen molar-refractivity contribution in [3.63, 3.8) is 0 Å². The van der Waals surface area contributed by atoms with Gasteiger partial charge in [0, 0.05) is 26.9 Å². The second-order valence-corrected chi connectivity index (χ2v) is 4.50. The standard InChI is InChI=1S/C12H23N3O2/c1-14(9-12(16)10-17-3)6-4-5-11-7-13-15(2)8-11/h7-8,12,16H,4-6,9-10H2,1-3H3. The highest BCUT2D eigenvalue weighted by atomic mass is 16.5. The van der Waals surface area contributed by atoms with E-state index in [0.717, 1.165) is 19.4 Å². The summed E-state index contributed by atoms with van der Waals surface area (Å²) < 4.78 is 6.71. The Morgan fingerprint density at radius 2 is 2.35 bits per heavy atom. The number of aryl methyl sites for hydroxylation is 2. The monoisotopic (exact) mass is 241 g/mol. The average Bonchev–Trinajstić information content (AvgIpc) is 2.64. The minimum Gasteiger partial charge on any atom is -0.389 e. The lowest BCUT2D eigenvalue weighted by Crippen LogP contribution is -2.32. The summed E-state index contributed by atoms with van der Waals surface area (Å²) in [5.41, 5.74) is 1.26. The van der Waals surface area contributed by atoms with E-state index in [4.69, 9.17) is 4.74 Å². The van der Waals surface area contributed by atoms with Crippen molar-refractivity contribution >= 4 is 0 Å². The van der Waals surface area contributed by atoms with Crippen molar-refractivity contribution in [2.24, 2.45) is 7.05 Å². The van der Waals surface area contributed by atoms with Crippen LogP contribution in [-0.2, 0) is 18.2 Å². The molecule has 0 aliphatic rings. The van der Waals surface area contributed by atoms with E-state index in [1.807, 2.05) is 31.2 Å². The molecule has 1 rings (SSSR count). The number of aromatic nitrogens is 2. The third kappa shape index (κ3) is 5.81. The number of hydrogen-bond acceptors (Lipinski definition) is 4. The predicted octanol–water partition coefficient (Wildman–Crippen LogP) is 0.292. The SMILES string of the molecule is COCC(O)CN(C)CCCc1cnn(C)c1. The van der Waals surface area contributed by atoms with Crippen LogP contribution in [0, 0.1) is 0 Å². The van der Waals surface area contributed by atoms with Crippen LogP contribution >= 0.6 is 0 Å².